The number of nitrogens with one attached hydrogen (secondary N) is 1. The van der Waals surface area contributed by atoms with E-state index in [1.165, 1.54) is 36.0 Å². The molecule has 0 spiro atoms. The van der Waals surface area contributed by atoms with Crippen LogP contribution in [0.2, 0.25) is 10.0 Å². The minimum atomic E-state index is -0.718. The number of halogens is 3. The number of nitrogens with zero attached hydrogens (tertiary/aromatic N) is 2. The first kappa shape index (κ1) is 26.7. The lowest BCUT2D eigenvalue weighted by Gasteiger charge is -2.12. The van der Waals surface area contributed by atoms with Crippen molar-refractivity contribution in [2.45, 2.75) is 9.79 Å². The molecule has 1 aliphatic heterocycles. The second-order valence-corrected chi connectivity index (χ2v) is 10.4. The molecule has 8 nitrogen and oxygen atoms in total. The summed E-state index contributed by atoms with van der Waals surface area (Å²) in [5.41, 5.74) is 0.358. The highest BCUT2D eigenvalue weighted by Crippen LogP contribution is 2.37. The molecule has 0 bridgehead atoms. The Hall–Kier alpha value is -3.38. The van der Waals surface area contributed by atoms with Crippen LogP contribution in [0, 0.1) is 15.9 Å². The molecule has 0 unspecified atom stereocenters. The quantitative estimate of drug-likeness (QED) is 0.185. The molecule has 0 aliphatic carbocycles. The van der Waals surface area contributed by atoms with Crippen LogP contribution in [0.5, 0.6) is 0 Å². The number of carbonyl (C=O) groups excluding carboxylic acids is 3. The predicted octanol–water partition coefficient (Wildman–Crippen LogP) is 6.87. The van der Waals surface area contributed by atoms with Crippen LogP contribution in [-0.2, 0) is 9.59 Å². The van der Waals surface area contributed by atoms with Gasteiger partial charge in [-0.05, 0) is 71.9 Å². The van der Waals surface area contributed by atoms with Crippen LogP contribution in [0.25, 0.3) is 6.08 Å². The first-order valence-corrected chi connectivity index (χ1v) is 12.7. The number of carbonyl (C=O) groups is 3. The van der Waals surface area contributed by atoms with Gasteiger partial charge in [-0.2, -0.15) is 0 Å². The van der Waals surface area contributed by atoms with Gasteiger partial charge in [0, 0.05) is 21.7 Å². The van der Waals surface area contributed by atoms with E-state index in [4.69, 9.17) is 23.2 Å². The number of rotatable bonds is 7. The highest BCUT2D eigenvalue weighted by atomic mass is 35.5. The summed E-state index contributed by atoms with van der Waals surface area (Å²) in [6.45, 7) is -0.576. The Kier molecular flexibility index (Phi) is 8.18. The van der Waals surface area contributed by atoms with Crippen LogP contribution in [0.3, 0.4) is 0 Å². The standard InChI is InChI=1S/C24H14Cl2FN3O5S2/c25-14-2-5-16(6-3-14)36-20-8-1-13(9-19(20)30(34)35)10-21-23(32)29(24(33)37-21)12-22(31)28-15-4-7-18(27)17(26)11-15/h1-11H,12H2,(H,28,31)/b21-10-. The SMILES string of the molecule is O=C(CN1C(=O)S/C(=C\c2ccc(Sc3ccc(Cl)cc3)c([N+](=O)[O-])c2)C1=O)Nc1ccc(F)c(Cl)c1. The number of anilines is 1. The Bertz CT molecular complexity index is 1470. The van der Waals surface area contributed by atoms with Crippen molar-refractivity contribution in [3.63, 3.8) is 0 Å². The van der Waals surface area contributed by atoms with Crippen LogP contribution < -0.4 is 5.32 Å². The molecule has 0 radical (unpaired) electrons. The molecule has 0 saturated carbocycles. The van der Waals surface area contributed by atoms with Crippen molar-refractivity contribution in [1.82, 2.24) is 4.90 Å². The van der Waals surface area contributed by atoms with E-state index >= 15 is 0 Å². The molecule has 13 heteroatoms. The number of nitro benzene ring substituents is 1. The molecule has 4 rings (SSSR count). The van der Waals surface area contributed by atoms with Gasteiger partial charge in [-0.3, -0.25) is 29.4 Å². The molecular weight excluding hydrogens is 564 g/mol. The van der Waals surface area contributed by atoms with Gasteiger partial charge in [0.15, 0.2) is 0 Å². The van der Waals surface area contributed by atoms with Crippen molar-refractivity contribution < 1.29 is 23.7 Å². The van der Waals surface area contributed by atoms with Crippen LogP contribution in [0.15, 0.2) is 75.4 Å². The maximum Gasteiger partial charge on any atom is 0.294 e. The topological polar surface area (TPSA) is 110 Å². The lowest BCUT2D eigenvalue weighted by Crippen LogP contribution is -2.36. The molecule has 3 aromatic rings. The van der Waals surface area contributed by atoms with E-state index in [0.717, 1.165) is 15.9 Å². The van der Waals surface area contributed by atoms with Gasteiger partial charge in [0.25, 0.3) is 16.8 Å². The third kappa shape index (κ3) is 6.50. The van der Waals surface area contributed by atoms with E-state index in [1.54, 1.807) is 36.4 Å². The summed E-state index contributed by atoms with van der Waals surface area (Å²) in [7, 11) is 0. The van der Waals surface area contributed by atoms with Gasteiger partial charge in [-0.25, -0.2) is 4.39 Å². The summed E-state index contributed by atoms with van der Waals surface area (Å²) in [5.74, 6) is -2.07. The molecule has 3 amide bonds. The molecular formula is C24H14Cl2FN3O5S2. The van der Waals surface area contributed by atoms with Crippen molar-refractivity contribution in [3.8, 4) is 0 Å². The van der Waals surface area contributed by atoms with Crippen molar-refractivity contribution in [2.75, 3.05) is 11.9 Å². The third-order valence-electron chi connectivity index (χ3n) is 4.90. The molecule has 1 saturated heterocycles. The first-order valence-electron chi connectivity index (χ1n) is 10.3. The molecule has 188 valence electrons. The van der Waals surface area contributed by atoms with Gasteiger partial charge in [0.2, 0.25) is 5.91 Å². The first-order chi connectivity index (χ1) is 17.6. The summed E-state index contributed by atoms with van der Waals surface area (Å²) < 4.78 is 13.3. The number of hydrogen-bond donors (Lipinski definition) is 1. The zero-order valence-corrected chi connectivity index (χ0v) is 21.6. The fourth-order valence-electron chi connectivity index (χ4n) is 3.19. The van der Waals surface area contributed by atoms with Crippen molar-refractivity contribution in [3.05, 3.63) is 97.1 Å². The van der Waals surface area contributed by atoms with E-state index in [9.17, 15) is 28.9 Å². The second-order valence-electron chi connectivity index (χ2n) is 7.49. The Balaban J connectivity index is 1.49. The number of amides is 3. The second kappa shape index (κ2) is 11.3. The minimum absolute atomic E-state index is 0.00929. The number of nitro groups is 1. The monoisotopic (exact) mass is 577 g/mol. The Morgan fingerprint density at radius 1 is 1.11 bits per heavy atom. The normalized spacial score (nSPS) is 14.4. The fourth-order valence-corrected chi connectivity index (χ4v) is 5.23. The molecule has 0 atom stereocenters. The number of benzene rings is 3. The highest BCUT2D eigenvalue weighted by Gasteiger charge is 2.36. The maximum absolute atomic E-state index is 13.3. The lowest BCUT2D eigenvalue weighted by atomic mass is 10.2. The average Bonchev–Trinajstić information content (AvgIpc) is 3.10. The summed E-state index contributed by atoms with van der Waals surface area (Å²) in [6.07, 6.45) is 1.35. The Morgan fingerprint density at radius 2 is 1.84 bits per heavy atom. The largest absolute Gasteiger partial charge is 0.324 e. The van der Waals surface area contributed by atoms with E-state index < -0.39 is 34.3 Å². The third-order valence-corrected chi connectivity index (χ3v) is 7.42. The molecule has 1 heterocycles. The summed E-state index contributed by atoms with van der Waals surface area (Å²) in [6, 6.07) is 14.8. The molecule has 0 aromatic heterocycles. The van der Waals surface area contributed by atoms with Crippen molar-refractivity contribution >= 4 is 81.2 Å². The van der Waals surface area contributed by atoms with Crippen molar-refractivity contribution in [1.29, 1.82) is 0 Å². The summed E-state index contributed by atoms with van der Waals surface area (Å²) in [4.78, 5) is 50.5. The fraction of sp³-hybridized carbons (Fsp3) is 0.0417. The zero-order chi connectivity index (χ0) is 26.7. The van der Waals surface area contributed by atoms with Gasteiger partial charge in [-0.15, -0.1) is 0 Å². The lowest BCUT2D eigenvalue weighted by molar-refractivity contribution is -0.387. The number of imide groups is 1. The van der Waals surface area contributed by atoms with Gasteiger partial charge < -0.3 is 5.32 Å². The summed E-state index contributed by atoms with van der Waals surface area (Å²) >= 11 is 13.4. The Morgan fingerprint density at radius 3 is 2.51 bits per heavy atom. The Labute approximate surface area is 228 Å². The van der Waals surface area contributed by atoms with E-state index in [2.05, 4.69) is 5.32 Å². The van der Waals surface area contributed by atoms with Crippen LogP contribution in [-0.4, -0.2) is 33.4 Å². The minimum Gasteiger partial charge on any atom is -0.324 e. The smallest absolute Gasteiger partial charge is 0.294 e. The summed E-state index contributed by atoms with van der Waals surface area (Å²) in [5, 5.41) is 13.8. The van der Waals surface area contributed by atoms with E-state index in [1.807, 2.05) is 0 Å². The molecule has 3 aromatic carbocycles. The zero-order valence-electron chi connectivity index (χ0n) is 18.4. The van der Waals surface area contributed by atoms with E-state index in [0.29, 0.717) is 27.2 Å². The number of hydrogen-bond acceptors (Lipinski definition) is 7. The van der Waals surface area contributed by atoms with Crippen molar-refractivity contribution in [2.24, 2.45) is 0 Å². The van der Waals surface area contributed by atoms with Gasteiger partial charge in [-0.1, -0.05) is 41.0 Å². The average molecular weight is 578 g/mol. The highest BCUT2D eigenvalue weighted by molar-refractivity contribution is 8.18. The maximum atomic E-state index is 13.3. The van der Waals surface area contributed by atoms with E-state index in [-0.39, 0.29) is 21.3 Å². The van der Waals surface area contributed by atoms with Crippen LogP contribution >= 0.6 is 46.7 Å². The molecule has 1 N–H and O–H groups in total. The molecule has 1 aliphatic rings. The van der Waals surface area contributed by atoms with Gasteiger partial charge in [0.1, 0.15) is 12.4 Å². The van der Waals surface area contributed by atoms with Gasteiger partial charge >= 0.3 is 0 Å². The predicted molar refractivity (Wildman–Crippen MR) is 141 cm³/mol. The van der Waals surface area contributed by atoms with Crippen LogP contribution in [0.4, 0.5) is 20.6 Å². The number of thioether (sulfide) groups is 1. The molecule has 37 heavy (non-hydrogen) atoms. The molecule has 1 fully saturated rings. The van der Waals surface area contributed by atoms with Crippen LogP contribution in [0.1, 0.15) is 5.56 Å². The van der Waals surface area contributed by atoms with Gasteiger partial charge in [0.05, 0.1) is 19.7 Å².